The van der Waals surface area contributed by atoms with Gasteiger partial charge in [-0.2, -0.15) is 0 Å². The molecule has 1 atom stereocenters. The number of hydrogen-bond donors (Lipinski definition) is 0. The van der Waals surface area contributed by atoms with Crippen LogP contribution in [0.2, 0.25) is 10.0 Å². The van der Waals surface area contributed by atoms with Crippen molar-refractivity contribution in [1.29, 1.82) is 0 Å². The van der Waals surface area contributed by atoms with E-state index in [1.54, 1.807) is 17.4 Å². The lowest BCUT2D eigenvalue weighted by atomic mass is 10.1. The number of hydrogen-bond acceptors (Lipinski definition) is 1. The Kier molecular flexibility index (Phi) is 4.59. The predicted molar refractivity (Wildman–Crippen MR) is 84.0 cm³/mol. The average molecular weight is 415 g/mol. The summed E-state index contributed by atoms with van der Waals surface area (Å²) >= 11 is 20.9. The SMILES string of the molecule is Cc1sc(Br)cc1C(Br)c1cc(Cl)cc(Cl)c1. The Morgan fingerprint density at radius 1 is 1.12 bits per heavy atom. The number of rotatable bonds is 2. The summed E-state index contributed by atoms with van der Waals surface area (Å²) in [5, 5.41) is 1.31. The van der Waals surface area contributed by atoms with E-state index in [4.69, 9.17) is 23.2 Å². The van der Waals surface area contributed by atoms with E-state index in [-0.39, 0.29) is 4.83 Å². The Morgan fingerprint density at radius 2 is 1.71 bits per heavy atom. The molecule has 90 valence electrons. The second kappa shape index (κ2) is 5.62. The highest BCUT2D eigenvalue weighted by Gasteiger charge is 2.16. The molecule has 0 aliphatic heterocycles. The van der Waals surface area contributed by atoms with E-state index >= 15 is 0 Å². The predicted octanol–water partition coefficient (Wildman–Crippen LogP) is 6.61. The van der Waals surface area contributed by atoms with Crippen LogP contribution >= 0.6 is 66.4 Å². The van der Waals surface area contributed by atoms with Gasteiger partial charge in [-0.3, -0.25) is 0 Å². The lowest BCUT2D eigenvalue weighted by molar-refractivity contribution is 1.17. The number of alkyl halides is 1. The van der Waals surface area contributed by atoms with Crippen molar-refractivity contribution in [3.8, 4) is 0 Å². The van der Waals surface area contributed by atoms with E-state index in [0.717, 1.165) is 9.35 Å². The zero-order chi connectivity index (χ0) is 12.6. The minimum Gasteiger partial charge on any atom is -0.133 e. The van der Waals surface area contributed by atoms with Crippen LogP contribution < -0.4 is 0 Å². The highest BCUT2D eigenvalue weighted by molar-refractivity contribution is 9.11. The molecular formula is C12H8Br2Cl2S. The summed E-state index contributed by atoms with van der Waals surface area (Å²) in [5.74, 6) is 0. The van der Waals surface area contributed by atoms with E-state index in [9.17, 15) is 0 Å². The Balaban J connectivity index is 2.43. The largest absolute Gasteiger partial charge is 0.133 e. The topological polar surface area (TPSA) is 0 Å². The molecule has 0 saturated carbocycles. The van der Waals surface area contributed by atoms with Crippen molar-refractivity contribution >= 4 is 66.4 Å². The van der Waals surface area contributed by atoms with Gasteiger partial charge in [0.25, 0.3) is 0 Å². The molecular weight excluding hydrogens is 407 g/mol. The highest BCUT2D eigenvalue weighted by Crippen LogP contribution is 2.39. The fourth-order valence-corrected chi connectivity index (χ4v) is 4.79. The Labute approximate surface area is 131 Å². The van der Waals surface area contributed by atoms with Crippen LogP contribution in [0.1, 0.15) is 20.8 Å². The van der Waals surface area contributed by atoms with Gasteiger partial charge in [-0.15, -0.1) is 11.3 Å². The molecule has 2 aromatic rings. The molecule has 0 fully saturated rings. The first-order chi connectivity index (χ1) is 7.97. The van der Waals surface area contributed by atoms with E-state index in [2.05, 4.69) is 44.8 Å². The normalized spacial score (nSPS) is 12.8. The van der Waals surface area contributed by atoms with Gasteiger partial charge in [0.2, 0.25) is 0 Å². The van der Waals surface area contributed by atoms with Gasteiger partial charge in [-0.25, -0.2) is 0 Å². The summed E-state index contributed by atoms with van der Waals surface area (Å²) in [6.45, 7) is 2.10. The van der Waals surface area contributed by atoms with Gasteiger partial charge in [-0.1, -0.05) is 39.1 Å². The Morgan fingerprint density at radius 3 is 2.18 bits per heavy atom. The minimum atomic E-state index is 0.112. The van der Waals surface area contributed by atoms with Crippen molar-refractivity contribution in [1.82, 2.24) is 0 Å². The molecule has 17 heavy (non-hydrogen) atoms. The molecule has 0 bridgehead atoms. The third-order valence-electron chi connectivity index (χ3n) is 2.38. The first-order valence-electron chi connectivity index (χ1n) is 4.83. The molecule has 1 aromatic carbocycles. The van der Waals surface area contributed by atoms with Crippen LogP contribution in [-0.4, -0.2) is 0 Å². The van der Waals surface area contributed by atoms with Crippen LogP contribution in [0.4, 0.5) is 0 Å². The van der Waals surface area contributed by atoms with Crippen LogP contribution in [0.5, 0.6) is 0 Å². The average Bonchev–Trinajstić information content (AvgIpc) is 2.55. The monoisotopic (exact) mass is 412 g/mol. The fourth-order valence-electron chi connectivity index (χ4n) is 1.61. The zero-order valence-electron chi connectivity index (χ0n) is 8.81. The summed E-state index contributed by atoms with van der Waals surface area (Å²) < 4.78 is 1.13. The maximum Gasteiger partial charge on any atom is 0.0704 e. The van der Waals surface area contributed by atoms with E-state index in [1.807, 2.05) is 12.1 Å². The zero-order valence-corrected chi connectivity index (χ0v) is 14.3. The molecule has 1 aromatic heterocycles. The smallest absolute Gasteiger partial charge is 0.0704 e. The molecule has 1 heterocycles. The minimum absolute atomic E-state index is 0.112. The molecule has 0 aliphatic carbocycles. The maximum atomic E-state index is 6.01. The van der Waals surface area contributed by atoms with Gasteiger partial charge in [-0.05, 0) is 58.2 Å². The van der Waals surface area contributed by atoms with Crippen molar-refractivity contribution in [2.45, 2.75) is 11.8 Å². The molecule has 0 amide bonds. The van der Waals surface area contributed by atoms with Crippen molar-refractivity contribution in [3.63, 3.8) is 0 Å². The molecule has 0 spiro atoms. The Hall–Kier alpha value is 0.460. The van der Waals surface area contributed by atoms with Crippen molar-refractivity contribution in [2.24, 2.45) is 0 Å². The van der Waals surface area contributed by atoms with Gasteiger partial charge in [0.05, 0.1) is 8.61 Å². The molecule has 0 aliphatic rings. The molecule has 1 unspecified atom stereocenters. The lowest BCUT2D eigenvalue weighted by Gasteiger charge is -2.11. The van der Waals surface area contributed by atoms with E-state index < -0.39 is 0 Å². The van der Waals surface area contributed by atoms with Crippen LogP contribution in [0.25, 0.3) is 0 Å². The van der Waals surface area contributed by atoms with Crippen LogP contribution in [0, 0.1) is 6.92 Å². The van der Waals surface area contributed by atoms with Gasteiger partial charge in [0.15, 0.2) is 0 Å². The molecule has 5 heteroatoms. The third kappa shape index (κ3) is 3.27. The van der Waals surface area contributed by atoms with Gasteiger partial charge in [0, 0.05) is 14.9 Å². The van der Waals surface area contributed by atoms with Crippen LogP contribution in [0.3, 0.4) is 0 Å². The van der Waals surface area contributed by atoms with Crippen molar-refractivity contribution in [2.75, 3.05) is 0 Å². The van der Waals surface area contributed by atoms with Crippen LogP contribution in [0.15, 0.2) is 28.1 Å². The third-order valence-corrected chi connectivity index (χ3v) is 5.40. The molecule has 0 nitrogen and oxygen atoms in total. The molecule has 0 N–H and O–H groups in total. The number of thiophene rings is 1. The van der Waals surface area contributed by atoms with Gasteiger partial charge < -0.3 is 0 Å². The highest BCUT2D eigenvalue weighted by atomic mass is 79.9. The van der Waals surface area contributed by atoms with Gasteiger partial charge in [0.1, 0.15) is 0 Å². The summed E-state index contributed by atoms with van der Waals surface area (Å²) in [4.78, 5) is 1.39. The number of halogens is 4. The summed E-state index contributed by atoms with van der Waals surface area (Å²) in [7, 11) is 0. The van der Waals surface area contributed by atoms with Gasteiger partial charge >= 0.3 is 0 Å². The Bertz CT molecular complexity index is 531. The standard InChI is InChI=1S/C12H8Br2Cl2S/c1-6-10(5-11(13)17-6)12(14)7-2-8(15)4-9(16)3-7/h2-5,12H,1H3. The van der Waals surface area contributed by atoms with Crippen molar-refractivity contribution < 1.29 is 0 Å². The van der Waals surface area contributed by atoms with Crippen molar-refractivity contribution in [3.05, 3.63) is 54.1 Å². The maximum absolute atomic E-state index is 6.01. The van der Waals surface area contributed by atoms with E-state index in [0.29, 0.717) is 10.0 Å². The molecule has 0 radical (unpaired) electrons. The second-order valence-corrected chi connectivity index (χ2v) is 8.05. The molecule has 0 saturated heterocycles. The van der Waals surface area contributed by atoms with E-state index in [1.165, 1.54) is 10.4 Å². The fraction of sp³-hybridized carbons (Fsp3) is 0.167. The quantitative estimate of drug-likeness (QED) is 0.485. The number of benzene rings is 1. The lowest BCUT2D eigenvalue weighted by Crippen LogP contribution is -1.92. The number of aryl methyl sites for hydroxylation is 1. The summed E-state index contributed by atoms with van der Waals surface area (Å²) in [6, 6.07) is 7.71. The second-order valence-electron chi connectivity index (χ2n) is 3.63. The first kappa shape index (κ1) is 13.9. The molecule has 2 rings (SSSR count). The first-order valence-corrected chi connectivity index (χ1v) is 8.11. The summed E-state index contributed by atoms with van der Waals surface area (Å²) in [5.41, 5.74) is 2.30. The summed E-state index contributed by atoms with van der Waals surface area (Å²) in [6.07, 6.45) is 0. The van der Waals surface area contributed by atoms with Crippen LogP contribution in [-0.2, 0) is 0 Å².